The minimum absolute atomic E-state index is 0.245. The zero-order valence-corrected chi connectivity index (χ0v) is 8.39. The van der Waals surface area contributed by atoms with Gasteiger partial charge < -0.3 is 4.74 Å². The van der Waals surface area contributed by atoms with Crippen LogP contribution in [0.3, 0.4) is 0 Å². The number of rotatable bonds is 2. The average molecular weight is 199 g/mol. The fourth-order valence-electron chi connectivity index (χ4n) is 0.879. The normalized spacial score (nSPS) is 9.77. The second-order valence-electron chi connectivity index (χ2n) is 2.74. The van der Waals surface area contributed by atoms with Crippen LogP contribution in [-0.2, 0) is 4.79 Å². The molecule has 0 aliphatic carbocycles. The van der Waals surface area contributed by atoms with Gasteiger partial charge in [0, 0.05) is 11.4 Å². The van der Waals surface area contributed by atoms with E-state index >= 15 is 0 Å². The van der Waals surface area contributed by atoms with Crippen molar-refractivity contribution in [2.24, 2.45) is 0 Å². The van der Waals surface area contributed by atoms with E-state index in [0.29, 0.717) is 17.2 Å². The van der Waals surface area contributed by atoms with Gasteiger partial charge in [0.2, 0.25) is 0 Å². The molecule has 0 spiro atoms. The molecule has 0 heterocycles. The number of carbonyl (C=O) groups is 1. The molecule has 0 saturated carbocycles. The van der Waals surface area contributed by atoms with E-state index in [4.69, 9.17) is 16.3 Å². The van der Waals surface area contributed by atoms with Crippen LogP contribution < -0.4 is 4.74 Å². The van der Waals surface area contributed by atoms with Crippen LogP contribution in [0, 0.1) is 6.92 Å². The molecule has 1 aromatic rings. The molecule has 0 aliphatic rings. The zero-order valence-electron chi connectivity index (χ0n) is 7.63. The quantitative estimate of drug-likeness (QED) is 0.540. The standard InChI is InChI=1S/C10H11ClO2/c1-3-10(12)13-9-6-8(11)5-4-7(9)2/h4-6H,3H2,1-2H3. The van der Waals surface area contributed by atoms with Gasteiger partial charge in [0.15, 0.2) is 0 Å². The van der Waals surface area contributed by atoms with Gasteiger partial charge in [0.05, 0.1) is 0 Å². The third kappa shape index (κ3) is 2.74. The first-order valence-corrected chi connectivity index (χ1v) is 4.48. The van der Waals surface area contributed by atoms with Crippen molar-refractivity contribution < 1.29 is 9.53 Å². The summed E-state index contributed by atoms with van der Waals surface area (Å²) in [7, 11) is 0. The third-order valence-corrected chi connectivity index (χ3v) is 1.90. The number of esters is 1. The number of hydrogen-bond donors (Lipinski definition) is 0. The second-order valence-corrected chi connectivity index (χ2v) is 3.17. The lowest BCUT2D eigenvalue weighted by molar-refractivity contribution is -0.134. The fourth-order valence-corrected chi connectivity index (χ4v) is 1.04. The summed E-state index contributed by atoms with van der Waals surface area (Å²) in [5.41, 5.74) is 0.909. The Morgan fingerprint density at radius 3 is 2.85 bits per heavy atom. The molecule has 13 heavy (non-hydrogen) atoms. The molecule has 0 N–H and O–H groups in total. The van der Waals surface area contributed by atoms with Gasteiger partial charge in [-0.05, 0) is 24.6 Å². The van der Waals surface area contributed by atoms with Crippen molar-refractivity contribution >= 4 is 17.6 Å². The first-order chi connectivity index (χ1) is 6.13. The lowest BCUT2D eigenvalue weighted by Gasteiger charge is -2.05. The van der Waals surface area contributed by atoms with E-state index < -0.39 is 0 Å². The molecule has 0 aromatic heterocycles. The number of aryl methyl sites for hydroxylation is 1. The van der Waals surface area contributed by atoms with Crippen molar-refractivity contribution in [2.75, 3.05) is 0 Å². The van der Waals surface area contributed by atoms with Gasteiger partial charge in [-0.15, -0.1) is 0 Å². The number of ether oxygens (including phenoxy) is 1. The second kappa shape index (κ2) is 4.28. The summed E-state index contributed by atoms with van der Waals surface area (Å²) < 4.78 is 5.05. The highest BCUT2D eigenvalue weighted by Gasteiger charge is 2.04. The fraction of sp³-hybridized carbons (Fsp3) is 0.300. The van der Waals surface area contributed by atoms with E-state index in [0.717, 1.165) is 5.56 Å². The van der Waals surface area contributed by atoms with E-state index in [1.807, 2.05) is 13.0 Å². The molecule has 0 saturated heterocycles. The van der Waals surface area contributed by atoms with Crippen LogP contribution in [0.2, 0.25) is 5.02 Å². The Labute approximate surface area is 82.5 Å². The summed E-state index contributed by atoms with van der Waals surface area (Å²) >= 11 is 5.75. The highest BCUT2D eigenvalue weighted by molar-refractivity contribution is 6.30. The van der Waals surface area contributed by atoms with Crippen molar-refractivity contribution in [3.05, 3.63) is 28.8 Å². The molecule has 0 radical (unpaired) electrons. The molecular formula is C10H11ClO2. The van der Waals surface area contributed by atoms with Crippen LogP contribution in [0.1, 0.15) is 18.9 Å². The highest BCUT2D eigenvalue weighted by atomic mass is 35.5. The molecule has 3 heteroatoms. The van der Waals surface area contributed by atoms with Crippen LogP contribution in [0.5, 0.6) is 5.75 Å². The van der Waals surface area contributed by atoms with Crippen molar-refractivity contribution in [3.8, 4) is 5.75 Å². The van der Waals surface area contributed by atoms with Gasteiger partial charge in [-0.1, -0.05) is 24.6 Å². The van der Waals surface area contributed by atoms with Gasteiger partial charge in [-0.25, -0.2) is 0 Å². The Hall–Kier alpha value is -1.02. The van der Waals surface area contributed by atoms with Crippen molar-refractivity contribution in [1.82, 2.24) is 0 Å². The molecular weight excluding hydrogens is 188 g/mol. The molecule has 0 amide bonds. The van der Waals surface area contributed by atoms with Gasteiger partial charge in [0.1, 0.15) is 5.75 Å². The van der Waals surface area contributed by atoms with Crippen LogP contribution in [-0.4, -0.2) is 5.97 Å². The Kier molecular flexibility index (Phi) is 3.32. The molecule has 70 valence electrons. The van der Waals surface area contributed by atoms with Gasteiger partial charge >= 0.3 is 5.97 Å². The number of halogens is 1. The Balaban J connectivity index is 2.87. The molecule has 2 nitrogen and oxygen atoms in total. The van der Waals surface area contributed by atoms with Gasteiger partial charge in [0.25, 0.3) is 0 Å². The van der Waals surface area contributed by atoms with E-state index in [2.05, 4.69) is 0 Å². The molecule has 1 rings (SSSR count). The number of carbonyl (C=O) groups excluding carboxylic acids is 1. The summed E-state index contributed by atoms with van der Waals surface area (Å²) in [6.07, 6.45) is 0.367. The van der Waals surface area contributed by atoms with Crippen LogP contribution in [0.15, 0.2) is 18.2 Å². The number of benzene rings is 1. The van der Waals surface area contributed by atoms with Gasteiger partial charge in [-0.2, -0.15) is 0 Å². The lowest BCUT2D eigenvalue weighted by Crippen LogP contribution is -2.06. The Bertz CT molecular complexity index is 321. The topological polar surface area (TPSA) is 26.3 Å². The predicted molar refractivity (Wildman–Crippen MR) is 52.1 cm³/mol. The summed E-state index contributed by atoms with van der Waals surface area (Å²) in [6, 6.07) is 5.23. The van der Waals surface area contributed by atoms with E-state index in [9.17, 15) is 4.79 Å². The van der Waals surface area contributed by atoms with E-state index in [-0.39, 0.29) is 5.97 Å². The maximum atomic E-state index is 11.0. The maximum absolute atomic E-state index is 11.0. The summed E-state index contributed by atoms with van der Waals surface area (Å²) in [5, 5.41) is 0.574. The van der Waals surface area contributed by atoms with Crippen molar-refractivity contribution in [2.45, 2.75) is 20.3 Å². The minimum Gasteiger partial charge on any atom is -0.426 e. The molecule has 0 atom stereocenters. The van der Waals surface area contributed by atoms with Gasteiger partial charge in [-0.3, -0.25) is 4.79 Å². The molecule has 0 unspecified atom stereocenters. The zero-order chi connectivity index (χ0) is 9.84. The molecule has 1 aromatic carbocycles. The smallest absolute Gasteiger partial charge is 0.310 e. The summed E-state index contributed by atoms with van der Waals surface area (Å²) in [6.45, 7) is 3.62. The highest BCUT2D eigenvalue weighted by Crippen LogP contribution is 2.22. The van der Waals surface area contributed by atoms with Crippen LogP contribution >= 0.6 is 11.6 Å². The third-order valence-electron chi connectivity index (χ3n) is 1.66. The molecule has 0 bridgehead atoms. The van der Waals surface area contributed by atoms with Crippen molar-refractivity contribution in [1.29, 1.82) is 0 Å². The summed E-state index contributed by atoms with van der Waals surface area (Å²) in [5.74, 6) is 0.296. The van der Waals surface area contributed by atoms with Crippen LogP contribution in [0.4, 0.5) is 0 Å². The Morgan fingerprint density at radius 2 is 2.23 bits per heavy atom. The van der Waals surface area contributed by atoms with Crippen LogP contribution in [0.25, 0.3) is 0 Å². The largest absolute Gasteiger partial charge is 0.426 e. The van der Waals surface area contributed by atoms with E-state index in [1.54, 1.807) is 19.1 Å². The van der Waals surface area contributed by atoms with Crippen molar-refractivity contribution in [3.63, 3.8) is 0 Å². The molecule has 0 aliphatic heterocycles. The maximum Gasteiger partial charge on any atom is 0.310 e. The lowest BCUT2D eigenvalue weighted by atomic mass is 10.2. The molecule has 0 fully saturated rings. The first-order valence-electron chi connectivity index (χ1n) is 4.10. The summed E-state index contributed by atoms with van der Waals surface area (Å²) in [4.78, 5) is 11.0. The Morgan fingerprint density at radius 1 is 1.54 bits per heavy atom. The SMILES string of the molecule is CCC(=O)Oc1cc(Cl)ccc1C. The first kappa shape index (κ1) is 10.1. The average Bonchev–Trinajstić information content (AvgIpc) is 2.11. The predicted octanol–water partition coefficient (Wildman–Crippen LogP) is 2.96. The monoisotopic (exact) mass is 198 g/mol. The number of hydrogen-bond acceptors (Lipinski definition) is 2. The minimum atomic E-state index is -0.245. The van der Waals surface area contributed by atoms with E-state index in [1.165, 1.54) is 0 Å².